The van der Waals surface area contributed by atoms with E-state index in [0.717, 1.165) is 16.5 Å². The van der Waals surface area contributed by atoms with E-state index in [4.69, 9.17) is 14.2 Å². The number of carbonyl (C=O) groups excluding carboxylic acids is 2. The van der Waals surface area contributed by atoms with Gasteiger partial charge in [-0.15, -0.1) is 11.3 Å². The molecule has 0 aliphatic rings. The first-order valence-electron chi connectivity index (χ1n) is 10.3. The molecule has 0 aliphatic carbocycles. The molecule has 170 valence electrons. The lowest BCUT2D eigenvalue weighted by molar-refractivity contribution is 0.0529. The smallest absolute Gasteiger partial charge is 0.341 e. The lowest BCUT2D eigenvalue weighted by Gasteiger charge is -2.10. The predicted molar refractivity (Wildman–Crippen MR) is 130 cm³/mol. The minimum absolute atomic E-state index is 0.229. The average molecular weight is 465 g/mol. The van der Waals surface area contributed by atoms with Crippen LogP contribution in [0.1, 0.15) is 27.8 Å². The Labute approximate surface area is 195 Å². The number of ether oxygens (including phenoxy) is 3. The quantitative estimate of drug-likeness (QED) is 0.373. The van der Waals surface area contributed by atoms with E-state index in [2.05, 4.69) is 5.32 Å². The summed E-state index contributed by atoms with van der Waals surface area (Å²) in [6, 6.07) is 14.8. The number of rotatable bonds is 7. The Morgan fingerprint density at radius 2 is 1.82 bits per heavy atom. The lowest BCUT2D eigenvalue weighted by atomic mass is 10.0. The number of fused-ring (bicyclic) bond motifs is 1. The first-order chi connectivity index (χ1) is 16.0. The molecule has 2 aromatic carbocycles. The lowest BCUT2D eigenvalue weighted by Crippen LogP contribution is -2.17. The summed E-state index contributed by atoms with van der Waals surface area (Å²) in [5.41, 5.74) is 3.16. The summed E-state index contributed by atoms with van der Waals surface area (Å²) < 4.78 is 17.7. The van der Waals surface area contributed by atoms with Gasteiger partial charge in [0.2, 0.25) is 0 Å². The number of esters is 1. The largest absolute Gasteiger partial charge is 0.497 e. The van der Waals surface area contributed by atoms with Crippen molar-refractivity contribution in [3.63, 3.8) is 0 Å². The van der Waals surface area contributed by atoms with E-state index in [1.54, 1.807) is 31.8 Å². The Balaban J connectivity index is 1.72. The zero-order valence-corrected chi connectivity index (χ0v) is 19.6. The molecule has 0 spiro atoms. The summed E-state index contributed by atoms with van der Waals surface area (Å²) in [7, 11) is 5.01. The molecule has 0 saturated heterocycles. The third kappa shape index (κ3) is 4.17. The number of carbonyl (C=O) groups is 2. The molecular formula is C25H24N2O5S. The molecule has 0 atom stereocenters. The van der Waals surface area contributed by atoms with E-state index in [1.165, 1.54) is 11.3 Å². The fourth-order valence-electron chi connectivity index (χ4n) is 3.74. The normalized spacial score (nSPS) is 10.8. The molecule has 1 amide bonds. The van der Waals surface area contributed by atoms with Crippen LogP contribution in [0.15, 0.2) is 53.9 Å². The van der Waals surface area contributed by atoms with Gasteiger partial charge < -0.3 is 24.1 Å². The molecule has 2 heterocycles. The molecule has 0 unspecified atom stereocenters. The van der Waals surface area contributed by atoms with Crippen LogP contribution in [0.25, 0.3) is 22.0 Å². The molecule has 0 fully saturated rings. The van der Waals surface area contributed by atoms with Gasteiger partial charge in [-0.1, -0.05) is 18.2 Å². The molecule has 0 saturated carbocycles. The Morgan fingerprint density at radius 3 is 2.48 bits per heavy atom. The zero-order chi connectivity index (χ0) is 23.5. The van der Waals surface area contributed by atoms with E-state index in [-0.39, 0.29) is 12.5 Å². The summed E-state index contributed by atoms with van der Waals surface area (Å²) in [4.78, 5) is 26.1. The Hall–Kier alpha value is -3.78. The predicted octanol–water partition coefficient (Wildman–Crippen LogP) is 5.35. The average Bonchev–Trinajstić information content (AvgIpc) is 3.40. The molecule has 1 N–H and O–H groups in total. The van der Waals surface area contributed by atoms with Gasteiger partial charge in [0, 0.05) is 23.4 Å². The second-order valence-corrected chi connectivity index (χ2v) is 8.12. The highest BCUT2D eigenvalue weighted by Crippen LogP contribution is 2.37. The Bertz CT molecular complexity index is 1320. The van der Waals surface area contributed by atoms with Crippen LogP contribution in [0.2, 0.25) is 0 Å². The minimum Gasteiger partial charge on any atom is -0.497 e. The van der Waals surface area contributed by atoms with Crippen LogP contribution in [-0.4, -0.2) is 37.3 Å². The van der Waals surface area contributed by atoms with Crippen LogP contribution in [0.5, 0.6) is 11.5 Å². The molecule has 0 aliphatic heterocycles. The topological polar surface area (TPSA) is 78.8 Å². The van der Waals surface area contributed by atoms with Crippen molar-refractivity contribution in [3.8, 4) is 22.6 Å². The van der Waals surface area contributed by atoms with Gasteiger partial charge in [-0.25, -0.2) is 4.79 Å². The van der Waals surface area contributed by atoms with E-state index >= 15 is 0 Å². The molecular weight excluding hydrogens is 440 g/mol. The minimum atomic E-state index is -0.487. The monoisotopic (exact) mass is 464 g/mol. The first-order valence-corrected chi connectivity index (χ1v) is 11.2. The van der Waals surface area contributed by atoms with Crippen molar-refractivity contribution < 1.29 is 23.8 Å². The number of hydrogen-bond donors (Lipinski definition) is 1. The highest BCUT2D eigenvalue weighted by atomic mass is 32.1. The standard InChI is InChI=1S/C25H24N2O5S/c1-5-32-25(29)22-18(15-9-11-16(30-3)12-10-15)14-33-24(22)26-23(28)20-13-17-19(27(20)2)7-6-8-21(17)31-4/h6-14H,5H2,1-4H3,(H,26,28). The third-order valence-electron chi connectivity index (χ3n) is 5.40. The third-order valence-corrected chi connectivity index (χ3v) is 6.29. The SMILES string of the molecule is CCOC(=O)c1c(-c2ccc(OC)cc2)csc1NC(=O)c1cc2c(OC)cccc2n1C. The van der Waals surface area contributed by atoms with E-state index in [0.29, 0.717) is 33.3 Å². The van der Waals surface area contributed by atoms with Crippen molar-refractivity contribution in [2.24, 2.45) is 7.05 Å². The Kier molecular flexibility index (Phi) is 6.37. The molecule has 4 aromatic rings. The molecule has 4 rings (SSSR count). The highest BCUT2D eigenvalue weighted by molar-refractivity contribution is 7.15. The number of methoxy groups -OCH3 is 2. The highest BCUT2D eigenvalue weighted by Gasteiger charge is 2.24. The fraction of sp³-hybridized carbons (Fsp3) is 0.200. The molecule has 0 bridgehead atoms. The number of nitrogens with zero attached hydrogens (tertiary/aromatic N) is 1. The summed E-state index contributed by atoms with van der Waals surface area (Å²) >= 11 is 1.28. The number of nitrogens with one attached hydrogen (secondary N) is 1. The number of aromatic nitrogens is 1. The number of benzene rings is 2. The number of aryl methyl sites for hydroxylation is 1. The molecule has 8 heteroatoms. The van der Waals surface area contributed by atoms with Gasteiger partial charge in [0.1, 0.15) is 27.8 Å². The van der Waals surface area contributed by atoms with Gasteiger partial charge in [-0.3, -0.25) is 4.79 Å². The Morgan fingerprint density at radius 1 is 1.06 bits per heavy atom. The van der Waals surface area contributed by atoms with E-state index < -0.39 is 5.97 Å². The molecule has 0 radical (unpaired) electrons. The van der Waals surface area contributed by atoms with Crippen LogP contribution >= 0.6 is 11.3 Å². The summed E-state index contributed by atoms with van der Waals surface area (Å²) in [6.45, 7) is 1.98. The zero-order valence-electron chi connectivity index (χ0n) is 18.8. The first kappa shape index (κ1) is 22.4. The summed E-state index contributed by atoms with van der Waals surface area (Å²) in [5.74, 6) is 0.585. The summed E-state index contributed by atoms with van der Waals surface area (Å²) in [5, 5.41) is 6.02. The van der Waals surface area contributed by atoms with Crippen LogP contribution < -0.4 is 14.8 Å². The van der Waals surface area contributed by atoms with Crippen LogP contribution in [0.4, 0.5) is 5.00 Å². The van der Waals surface area contributed by atoms with E-state index in [9.17, 15) is 9.59 Å². The summed E-state index contributed by atoms with van der Waals surface area (Å²) in [6.07, 6.45) is 0. The number of thiophene rings is 1. The van der Waals surface area contributed by atoms with Crippen molar-refractivity contribution in [2.45, 2.75) is 6.92 Å². The van der Waals surface area contributed by atoms with Crippen molar-refractivity contribution in [1.82, 2.24) is 4.57 Å². The van der Waals surface area contributed by atoms with Gasteiger partial charge in [0.25, 0.3) is 5.91 Å². The van der Waals surface area contributed by atoms with Crippen molar-refractivity contribution in [2.75, 3.05) is 26.1 Å². The number of amides is 1. The maximum atomic E-state index is 13.2. The van der Waals surface area contributed by atoms with Crippen molar-refractivity contribution in [1.29, 1.82) is 0 Å². The van der Waals surface area contributed by atoms with Gasteiger partial charge >= 0.3 is 5.97 Å². The van der Waals surface area contributed by atoms with Gasteiger partial charge in [-0.2, -0.15) is 0 Å². The van der Waals surface area contributed by atoms with Gasteiger partial charge in [0.05, 0.1) is 26.3 Å². The fourth-order valence-corrected chi connectivity index (χ4v) is 4.69. The second kappa shape index (κ2) is 9.38. The molecule has 2 aromatic heterocycles. The molecule has 7 nitrogen and oxygen atoms in total. The van der Waals surface area contributed by atoms with Crippen molar-refractivity contribution >= 4 is 39.1 Å². The number of hydrogen-bond acceptors (Lipinski definition) is 6. The maximum Gasteiger partial charge on any atom is 0.341 e. The van der Waals surface area contributed by atoms with Gasteiger partial charge in [-0.05, 0) is 42.8 Å². The van der Waals surface area contributed by atoms with Gasteiger partial charge in [0.15, 0.2) is 0 Å². The maximum absolute atomic E-state index is 13.2. The van der Waals surface area contributed by atoms with Crippen LogP contribution in [-0.2, 0) is 11.8 Å². The number of anilines is 1. The van der Waals surface area contributed by atoms with Crippen LogP contribution in [0.3, 0.4) is 0 Å². The van der Waals surface area contributed by atoms with E-state index in [1.807, 2.05) is 54.9 Å². The second-order valence-electron chi connectivity index (χ2n) is 7.24. The van der Waals surface area contributed by atoms with Crippen LogP contribution in [0, 0.1) is 0 Å². The van der Waals surface area contributed by atoms with Crippen molar-refractivity contribution in [3.05, 3.63) is 65.2 Å². The molecule has 33 heavy (non-hydrogen) atoms.